The van der Waals surface area contributed by atoms with Crippen LogP contribution in [-0.2, 0) is 17.7 Å². The zero-order valence-corrected chi connectivity index (χ0v) is 20.6. The zero-order chi connectivity index (χ0) is 24.6. The van der Waals surface area contributed by atoms with Crippen LogP contribution in [0.3, 0.4) is 0 Å². The van der Waals surface area contributed by atoms with Gasteiger partial charge in [-0.05, 0) is 52.5 Å². The van der Waals surface area contributed by atoms with Crippen molar-refractivity contribution in [1.29, 1.82) is 0 Å². The third kappa shape index (κ3) is 7.27. The Morgan fingerprint density at radius 2 is 2.00 bits per heavy atom. The standard InChI is InChI=1S/C26H35N5O3/c1-5-6-17-31-22(23(32)27-15-14-20-11-8-7-9-12-20)18-28-24(31)30-16-10-13-21(19-30)29-25(33)34-26(2,3)4/h7-9,11-12,18,21H,10,13-17,19H2,1-4H3,(H,27,32)(H,29,33). The number of aromatic nitrogens is 2. The van der Waals surface area contributed by atoms with E-state index in [-0.39, 0.29) is 11.9 Å². The lowest BCUT2D eigenvalue weighted by atomic mass is 10.1. The van der Waals surface area contributed by atoms with Crippen molar-refractivity contribution >= 4 is 17.9 Å². The first-order valence-electron chi connectivity index (χ1n) is 11.8. The van der Waals surface area contributed by atoms with Gasteiger partial charge >= 0.3 is 6.09 Å². The smallest absolute Gasteiger partial charge is 0.407 e. The molecule has 1 fully saturated rings. The van der Waals surface area contributed by atoms with Crippen molar-refractivity contribution in [2.75, 3.05) is 24.5 Å². The van der Waals surface area contributed by atoms with Crippen molar-refractivity contribution in [2.24, 2.45) is 0 Å². The van der Waals surface area contributed by atoms with Crippen molar-refractivity contribution in [2.45, 2.75) is 65.1 Å². The maximum absolute atomic E-state index is 12.9. The minimum Gasteiger partial charge on any atom is -0.444 e. The second kappa shape index (κ2) is 11.6. The Balaban J connectivity index is 1.68. The summed E-state index contributed by atoms with van der Waals surface area (Å²) in [7, 11) is 0. The van der Waals surface area contributed by atoms with Gasteiger partial charge in [0.05, 0.1) is 12.7 Å². The number of carbonyl (C=O) groups excluding carboxylic acids is 2. The molecule has 3 rings (SSSR count). The first-order valence-corrected chi connectivity index (χ1v) is 11.8. The topological polar surface area (TPSA) is 88.5 Å². The van der Waals surface area contributed by atoms with E-state index in [1.54, 1.807) is 13.1 Å². The quantitative estimate of drug-likeness (QED) is 0.612. The third-order valence-corrected chi connectivity index (χ3v) is 5.45. The average Bonchev–Trinajstić information content (AvgIpc) is 3.21. The molecule has 1 saturated heterocycles. The van der Waals surface area contributed by atoms with E-state index in [1.165, 1.54) is 5.56 Å². The first-order chi connectivity index (χ1) is 16.3. The molecule has 1 unspecified atom stereocenters. The molecule has 2 aromatic rings. The van der Waals surface area contributed by atoms with Crippen molar-refractivity contribution in [1.82, 2.24) is 20.2 Å². The van der Waals surface area contributed by atoms with E-state index in [2.05, 4.69) is 32.4 Å². The molecule has 0 saturated carbocycles. The summed E-state index contributed by atoms with van der Waals surface area (Å²) in [5.41, 5.74) is 1.11. The molecule has 2 N–H and O–H groups in total. The van der Waals surface area contributed by atoms with E-state index >= 15 is 0 Å². The predicted octanol–water partition coefficient (Wildman–Crippen LogP) is 3.37. The molecule has 1 aromatic carbocycles. The molecule has 34 heavy (non-hydrogen) atoms. The number of imidazole rings is 1. The van der Waals surface area contributed by atoms with Gasteiger partial charge in [-0.2, -0.15) is 0 Å². The second-order valence-corrected chi connectivity index (χ2v) is 9.38. The Labute approximate surface area is 202 Å². The fourth-order valence-electron chi connectivity index (χ4n) is 3.92. The summed E-state index contributed by atoms with van der Waals surface area (Å²) < 4.78 is 7.25. The lowest BCUT2D eigenvalue weighted by Gasteiger charge is -2.34. The van der Waals surface area contributed by atoms with Crippen LogP contribution in [0.1, 0.15) is 56.6 Å². The fraction of sp³-hybridized carbons (Fsp3) is 0.500. The van der Waals surface area contributed by atoms with Crippen molar-refractivity contribution in [3.8, 4) is 11.8 Å². The van der Waals surface area contributed by atoms with Gasteiger partial charge in [0.15, 0.2) is 0 Å². The molecule has 2 amide bonds. The van der Waals surface area contributed by atoms with E-state index in [0.29, 0.717) is 31.3 Å². The van der Waals surface area contributed by atoms with Gasteiger partial charge in [-0.25, -0.2) is 9.78 Å². The monoisotopic (exact) mass is 465 g/mol. The van der Waals surface area contributed by atoms with E-state index in [9.17, 15) is 9.59 Å². The van der Waals surface area contributed by atoms with Crippen LogP contribution in [0.25, 0.3) is 0 Å². The number of carbonyl (C=O) groups is 2. The molecule has 0 bridgehead atoms. The van der Waals surface area contributed by atoms with Gasteiger partial charge in [-0.3, -0.25) is 9.36 Å². The van der Waals surface area contributed by atoms with Crippen molar-refractivity contribution < 1.29 is 14.3 Å². The van der Waals surface area contributed by atoms with E-state index in [4.69, 9.17) is 4.74 Å². The number of ether oxygens (including phenoxy) is 1. The molecule has 0 aliphatic carbocycles. The largest absolute Gasteiger partial charge is 0.444 e. The van der Waals surface area contributed by atoms with E-state index in [0.717, 1.165) is 25.8 Å². The van der Waals surface area contributed by atoms with Crippen LogP contribution in [0.15, 0.2) is 36.5 Å². The van der Waals surface area contributed by atoms with Crippen molar-refractivity contribution in [3.05, 3.63) is 47.8 Å². The van der Waals surface area contributed by atoms with Crippen LogP contribution in [0.4, 0.5) is 10.7 Å². The number of rotatable bonds is 7. The Bertz CT molecular complexity index is 1030. The number of amides is 2. The number of anilines is 1. The van der Waals surface area contributed by atoms with Gasteiger partial charge in [0.2, 0.25) is 5.95 Å². The number of alkyl carbamates (subject to hydrolysis) is 1. The van der Waals surface area contributed by atoms with Crippen LogP contribution in [-0.4, -0.2) is 52.8 Å². The highest BCUT2D eigenvalue weighted by molar-refractivity contribution is 5.93. The van der Waals surface area contributed by atoms with Crippen molar-refractivity contribution in [3.63, 3.8) is 0 Å². The fourth-order valence-corrected chi connectivity index (χ4v) is 3.92. The highest BCUT2D eigenvalue weighted by Crippen LogP contribution is 2.21. The number of nitrogens with zero attached hydrogens (tertiary/aromatic N) is 3. The summed E-state index contributed by atoms with van der Waals surface area (Å²) >= 11 is 0. The zero-order valence-electron chi connectivity index (χ0n) is 20.6. The average molecular weight is 466 g/mol. The molecule has 8 heteroatoms. The number of benzene rings is 1. The molecule has 1 aromatic heterocycles. The molecule has 1 aliphatic rings. The highest BCUT2D eigenvalue weighted by Gasteiger charge is 2.27. The maximum atomic E-state index is 12.9. The van der Waals surface area contributed by atoms with Gasteiger partial charge in [0.25, 0.3) is 5.91 Å². The summed E-state index contributed by atoms with van der Waals surface area (Å²) in [4.78, 5) is 31.8. The van der Waals surface area contributed by atoms with Gasteiger partial charge in [0.1, 0.15) is 11.3 Å². The predicted molar refractivity (Wildman–Crippen MR) is 133 cm³/mol. The van der Waals surface area contributed by atoms with Gasteiger partial charge in [-0.15, -0.1) is 5.92 Å². The summed E-state index contributed by atoms with van der Waals surface area (Å²) in [6.07, 6.45) is 3.70. The van der Waals surface area contributed by atoms with Crippen LogP contribution >= 0.6 is 0 Å². The number of hydrogen-bond donors (Lipinski definition) is 2. The van der Waals surface area contributed by atoms with Crippen LogP contribution in [0, 0.1) is 11.8 Å². The van der Waals surface area contributed by atoms with Gasteiger partial charge in [-0.1, -0.05) is 36.3 Å². The summed E-state index contributed by atoms with van der Waals surface area (Å²) in [6, 6.07) is 9.99. The minimum atomic E-state index is -0.545. The van der Waals surface area contributed by atoms with Crippen LogP contribution < -0.4 is 15.5 Å². The van der Waals surface area contributed by atoms with Crippen LogP contribution in [0.2, 0.25) is 0 Å². The molecule has 1 atom stereocenters. The van der Waals surface area contributed by atoms with Gasteiger partial charge < -0.3 is 20.3 Å². The maximum Gasteiger partial charge on any atom is 0.407 e. The Morgan fingerprint density at radius 3 is 2.71 bits per heavy atom. The molecule has 1 aliphatic heterocycles. The normalized spacial score (nSPS) is 15.8. The van der Waals surface area contributed by atoms with E-state index < -0.39 is 11.7 Å². The summed E-state index contributed by atoms with van der Waals surface area (Å²) in [5.74, 6) is 6.47. The lowest BCUT2D eigenvalue weighted by Crippen LogP contribution is -2.49. The molecule has 2 heterocycles. The Morgan fingerprint density at radius 1 is 1.24 bits per heavy atom. The summed E-state index contributed by atoms with van der Waals surface area (Å²) in [6.45, 7) is 9.59. The first kappa shape index (κ1) is 25.2. The SMILES string of the molecule is CC#CCn1c(C(=O)NCCc2ccccc2)cnc1N1CCCC(NC(=O)OC(C)(C)C)C1. The Hall–Kier alpha value is -3.47. The minimum absolute atomic E-state index is 0.0610. The van der Waals surface area contributed by atoms with E-state index in [1.807, 2.05) is 55.7 Å². The lowest BCUT2D eigenvalue weighted by molar-refractivity contribution is 0.0499. The summed E-state index contributed by atoms with van der Waals surface area (Å²) in [5, 5.41) is 5.96. The van der Waals surface area contributed by atoms with Crippen LogP contribution in [0.5, 0.6) is 0 Å². The number of hydrogen-bond acceptors (Lipinski definition) is 5. The number of nitrogens with one attached hydrogen (secondary N) is 2. The highest BCUT2D eigenvalue weighted by atomic mass is 16.6. The van der Waals surface area contributed by atoms with Gasteiger partial charge in [0, 0.05) is 25.7 Å². The third-order valence-electron chi connectivity index (χ3n) is 5.45. The number of piperidine rings is 1. The molecular formula is C26H35N5O3. The molecule has 8 nitrogen and oxygen atoms in total. The molecule has 0 radical (unpaired) electrons. The molecular weight excluding hydrogens is 430 g/mol. The Kier molecular flexibility index (Phi) is 8.58. The molecule has 182 valence electrons. The second-order valence-electron chi connectivity index (χ2n) is 9.38. The molecule has 0 spiro atoms.